The maximum Gasteiger partial charge on any atom is 0.433 e. The van der Waals surface area contributed by atoms with Crippen LogP contribution in [0.4, 0.5) is 5.88 Å². The number of carbonyl (C=O) groups excluding carboxylic acids is 1. The maximum absolute atomic E-state index is 11.7. The SMILES string of the molecule is O=C(CSc1nc2ccccc2[nH]1)NN=Cc1ccc([N+](=O)[O-])o1. The molecule has 0 fully saturated rings. The lowest BCUT2D eigenvalue weighted by molar-refractivity contribution is -0.402. The molecule has 0 saturated carbocycles. The van der Waals surface area contributed by atoms with Crippen molar-refractivity contribution in [3.8, 4) is 0 Å². The average molecular weight is 345 g/mol. The number of nitro groups is 1. The lowest BCUT2D eigenvalue weighted by Crippen LogP contribution is -2.19. The van der Waals surface area contributed by atoms with Gasteiger partial charge in [-0.1, -0.05) is 23.9 Å². The van der Waals surface area contributed by atoms with Crippen LogP contribution < -0.4 is 5.43 Å². The molecule has 0 bridgehead atoms. The number of hydrazone groups is 1. The summed E-state index contributed by atoms with van der Waals surface area (Å²) >= 11 is 1.24. The summed E-state index contributed by atoms with van der Waals surface area (Å²) < 4.78 is 4.87. The normalized spacial score (nSPS) is 11.2. The van der Waals surface area contributed by atoms with E-state index in [1.807, 2.05) is 24.3 Å². The predicted molar refractivity (Wildman–Crippen MR) is 87.9 cm³/mol. The number of aromatic amines is 1. The summed E-state index contributed by atoms with van der Waals surface area (Å²) in [6.45, 7) is 0. The third kappa shape index (κ3) is 3.79. The summed E-state index contributed by atoms with van der Waals surface area (Å²) in [4.78, 5) is 29.0. The number of thioether (sulfide) groups is 1. The Bertz CT molecular complexity index is 884. The van der Waals surface area contributed by atoms with Gasteiger partial charge in [-0.15, -0.1) is 0 Å². The second-order valence-electron chi connectivity index (χ2n) is 4.57. The highest BCUT2D eigenvalue weighted by atomic mass is 32.2. The molecule has 1 amide bonds. The third-order valence-corrected chi connectivity index (χ3v) is 3.75. The molecule has 10 heteroatoms. The molecule has 0 aliphatic carbocycles. The second-order valence-corrected chi connectivity index (χ2v) is 5.54. The van der Waals surface area contributed by atoms with Crippen molar-refractivity contribution >= 4 is 40.8 Å². The molecule has 0 spiro atoms. The number of hydrogen-bond donors (Lipinski definition) is 2. The number of nitrogens with zero attached hydrogens (tertiary/aromatic N) is 3. The minimum atomic E-state index is -0.653. The van der Waals surface area contributed by atoms with E-state index >= 15 is 0 Å². The van der Waals surface area contributed by atoms with E-state index in [1.165, 1.54) is 30.1 Å². The number of carbonyl (C=O) groups is 1. The zero-order valence-electron chi connectivity index (χ0n) is 12.1. The number of benzene rings is 1. The zero-order chi connectivity index (χ0) is 16.9. The number of fused-ring (bicyclic) bond motifs is 1. The third-order valence-electron chi connectivity index (χ3n) is 2.88. The molecule has 2 N–H and O–H groups in total. The van der Waals surface area contributed by atoms with Crippen molar-refractivity contribution in [1.29, 1.82) is 0 Å². The van der Waals surface area contributed by atoms with E-state index in [-0.39, 0.29) is 23.3 Å². The van der Waals surface area contributed by atoms with Gasteiger partial charge >= 0.3 is 5.88 Å². The summed E-state index contributed by atoms with van der Waals surface area (Å²) in [7, 11) is 0. The van der Waals surface area contributed by atoms with Gasteiger partial charge in [0.25, 0.3) is 5.91 Å². The summed E-state index contributed by atoms with van der Waals surface area (Å²) in [5.41, 5.74) is 4.04. The molecule has 0 aliphatic rings. The number of imidazole rings is 1. The second kappa shape index (κ2) is 6.96. The molecular weight excluding hydrogens is 334 g/mol. The molecule has 2 heterocycles. The molecule has 0 aliphatic heterocycles. The highest BCUT2D eigenvalue weighted by Crippen LogP contribution is 2.18. The van der Waals surface area contributed by atoms with Gasteiger partial charge in [0.05, 0.1) is 29.1 Å². The van der Waals surface area contributed by atoms with Crippen LogP contribution >= 0.6 is 11.8 Å². The Labute approximate surface area is 139 Å². The molecule has 24 heavy (non-hydrogen) atoms. The van der Waals surface area contributed by atoms with Gasteiger partial charge in [0.15, 0.2) is 10.9 Å². The number of furan rings is 1. The number of amides is 1. The van der Waals surface area contributed by atoms with Gasteiger partial charge in [-0.3, -0.25) is 14.9 Å². The van der Waals surface area contributed by atoms with Crippen molar-refractivity contribution in [3.63, 3.8) is 0 Å². The monoisotopic (exact) mass is 345 g/mol. The van der Waals surface area contributed by atoms with Crippen LogP contribution in [-0.4, -0.2) is 32.8 Å². The molecule has 0 atom stereocenters. The topological polar surface area (TPSA) is 126 Å². The van der Waals surface area contributed by atoms with Gasteiger partial charge in [-0.25, -0.2) is 10.4 Å². The van der Waals surface area contributed by atoms with Gasteiger partial charge in [0, 0.05) is 0 Å². The minimum Gasteiger partial charge on any atom is -0.400 e. The zero-order valence-corrected chi connectivity index (χ0v) is 12.9. The van der Waals surface area contributed by atoms with E-state index in [9.17, 15) is 14.9 Å². The summed E-state index contributed by atoms with van der Waals surface area (Å²) in [6.07, 6.45) is 1.19. The number of para-hydroxylation sites is 2. The number of rotatable bonds is 6. The number of hydrogen-bond acceptors (Lipinski definition) is 7. The first-order valence-electron chi connectivity index (χ1n) is 6.75. The number of aromatic nitrogens is 2. The molecule has 2 aromatic heterocycles. The van der Waals surface area contributed by atoms with Crippen LogP contribution in [0.25, 0.3) is 11.0 Å². The van der Waals surface area contributed by atoms with E-state index in [1.54, 1.807) is 0 Å². The highest BCUT2D eigenvalue weighted by Gasteiger charge is 2.10. The fourth-order valence-corrected chi connectivity index (χ4v) is 2.52. The van der Waals surface area contributed by atoms with E-state index in [2.05, 4.69) is 20.5 Å². The molecule has 3 aromatic rings. The molecular formula is C14H11N5O4S. The molecule has 0 saturated heterocycles. The lowest BCUT2D eigenvalue weighted by atomic mass is 10.3. The fraction of sp³-hybridized carbons (Fsp3) is 0.0714. The average Bonchev–Trinajstić information content (AvgIpc) is 3.19. The largest absolute Gasteiger partial charge is 0.433 e. The van der Waals surface area contributed by atoms with Crippen molar-refractivity contribution < 1.29 is 14.1 Å². The lowest BCUT2D eigenvalue weighted by Gasteiger charge is -1.96. The number of H-pyrrole nitrogens is 1. The summed E-state index contributed by atoms with van der Waals surface area (Å²) in [5, 5.41) is 14.8. The smallest absolute Gasteiger partial charge is 0.400 e. The Balaban J connectivity index is 1.50. The molecule has 1 aromatic carbocycles. The first-order chi connectivity index (χ1) is 11.6. The summed E-state index contributed by atoms with van der Waals surface area (Å²) in [6, 6.07) is 10.2. The van der Waals surface area contributed by atoms with Crippen molar-refractivity contribution in [2.45, 2.75) is 5.16 Å². The molecule has 0 radical (unpaired) electrons. The molecule has 122 valence electrons. The van der Waals surface area contributed by atoms with Gasteiger partial charge in [0.2, 0.25) is 0 Å². The van der Waals surface area contributed by atoms with Crippen molar-refractivity contribution in [2.24, 2.45) is 5.10 Å². The van der Waals surface area contributed by atoms with E-state index in [0.717, 1.165) is 11.0 Å². The molecule has 0 unspecified atom stereocenters. The first kappa shape index (κ1) is 15.7. The van der Waals surface area contributed by atoms with Crippen molar-refractivity contribution in [3.05, 3.63) is 52.3 Å². The first-order valence-corrected chi connectivity index (χ1v) is 7.74. The van der Waals surface area contributed by atoms with Crippen LogP contribution in [0.5, 0.6) is 0 Å². The van der Waals surface area contributed by atoms with E-state index in [4.69, 9.17) is 4.42 Å². The van der Waals surface area contributed by atoms with Crippen LogP contribution in [0.1, 0.15) is 5.76 Å². The summed E-state index contributed by atoms with van der Waals surface area (Å²) in [5.74, 6) is -0.428. The molecule has 3 rings (SSSR count). The van der Waals surface area contributed by atoms with Gasteiger partial charge < -0.3 is 9.40 Å². The van der Waals surface area contributed by atoms with Gasteiger partial charge in [-0.05, 0) is 18.2 Å². The van der Waals surface area contributed by atoms with Crippen LogP contribution in [0.2, 0.25) is 0 Å². The predicted octanol–water partition coefficient (Wildman–Crippen LogP) is 2.31. The van der Waals surface area contributed by atoms with Gasteiger partial charge in [-0.2, -0.15) is 5.10 Å². The van der Waals surface area contributed by atoms with Crippen molar-refractivity contribution in [1.82, 2.24) is 15.4 Å². The Morgan fingerprint density at radius 1 is 1.42 bits per heavy atom. The number of nitrogens with one attached hydrogen (secondary N) is 2. The fourth-order valence-electron chi connectivity index (χ4n) is 1.84. The Kier molecular flexibility index (Phi) is 4.57. The molecule has 9 nitrogen and oxygen atoms in total. The standard InChI is InChI=1S/C14H11N5O4S/c20-12(18-15-7-9-5-6-13(23-9)19(21)22)8-24-14-16-10-3-1-2-4-11(10)17-14/h1-7H,8H2,(H,16,17)(H,18,20). The van der Waals surface area contributed by atoms with Crippen molar-refractivity contribution in [2.75, 3.05) is 5.75 Å². The van der Waals surface area contributed by atoms with Gasteiger partial charge in [0.1, 0.15) is 4.92 Å². The van der Waals surface area contributed by atoms with Crippen LogP contribution in [0.15, 0.2) is 51.1 Å². The van der Waals surface area contributed by atoms with E-state index < -0.39 is 4.92 Å². The van der Waals surface area contributed by atoms with Crippen LogP contribution in [-0.2, 0) is 4.79 Å². The quantitative estimate of drug-likeness (QED) is 0.305. The van der Waals surface area contributed by atoms with Crippen LogP contribution in [0, 0.1) is 10.1 Å². The van der Waals surface area contributed by atoms with Crippen LogP contribution in [0.3, 0.4) is 0 Å². The Hall–Kier alpha value is -3.14. The maximum atomic E-state index is 11.7. The Morgan fingerprint density at radius 2 is 2.25 bits per heavy atom. The highest BCUT2D eigenvalue weighted by molar-refractivity contribution is 7.99. The minimum absolute atomic E-state index is 0.121. The Morgan fingerprint density at radius 3 is 3.00 bits per heavy atom. The van der Waals surface area contributed by atoms with E-state index in [0.29, 0.717) is 5.16 Å².